The number of aromatic amines is 1. The monoisotopic (exact) mass is 223 g/mol. The molecule has 5 nitrogen and oxygen atoms in total. The van der Waals surface area contributed by atoms with Gasteiger partial charge in [0.05, 0.1) is 0 Å². The van der Waals surface area contributed by atoms with Crippen molar-refractivity contribution in [3.05, 3.63) is 34.2 Å². The van der Waals surface area contributed by atoms with Crippen LogP contribution in [-0.4, -0.2) is 35.4 Å². The number of pyridine rings is 1. The lowest BCUT2D eigenvalue weighted by Gasteiger charge is -2.20. The third kappa shape index (κ3) is 3.20. The highest BCUT2D eigenvalue weighted by atomic mass is 16.2. The zero-order valence-corrected chi connectivity index (χ0v) is 9.40. The third-order valence-electron chi connectivity index (χ3n) is 2.18. The van der Waals surface area contributed by atoms with Crippen molar-refractivity contribution in [2.45, 2.75) is 13.3 Å². The van der Waals surface area contributed by atoms with Crippen LogP contribution in [0, 0.1) is 0 Å². The first-order valence-electron chi connectivity index (χ1n) is 5.37. The molecule has 3 N–H and O–H groups in total. The molecule has 0 bridgehead atoms. The van der Waals surface area contributed by atoms with Gasteiger partial charge in [-0.3, -0.25) is 9.59 Å². The first-order valence-corrected chi connectivity index (χ1v) is 5.37. The molecule has 1 aromatic heterocycles. The number of hydrogen-bond donors (Lipinski definition) is 2. The van der Waals surface area contributed by atoms with E-state index in [0.29, 0.717) is 25.3 Å². The number of carbonyl (C=O) groups excluding carboxylic acids is 1. The standard InChI is InChI=1S/C11H17N3O2/c1-2-7-14(8-6-12)11(16)9-4-3-5-10(15)13-9/h3-5H,2,6-8,12H2,1H3,(H,13,15). The Labute approximate surface area is 94.3 Å². The maximum atomic E-state index is 12.0. The van der Waals surface area contributed by atoms with Gasteiger partial charge >= 0.3 is 0 Å². The Hall–Kier alpha value is -1.62. The molecule has 1 aromatic rings. The molecule has 0 unspecified atom stereocenters. The molecule has 88 valence electrons. The minimum Gasteiger partial charge on any atom is -0.336 e. The van der Waals surface area contributed by atoms with Crippen molar-refractivity contribution >= 4 is 5.91 Å². The molecule has 0 radical (unpaired) electrons. The van der Waals surface area contributed by atoms with Crippen molar-refractivity contribution in [3.63, 3.8) is 0 Å². The zero-order valence-electron chi connectivity index (χ0n) is 9.40. The van der Waals surface area contributed by atoms with Crippen LogP contribution in [0.3, 0.4) is 0 Å². The summed E-state index contributed by atoms with van der Waals surface area (Å²) in [5.41, 5.74) is 5.49. The van der Waals surface area contributed by atoms with E-state index < -0.39 is 0 Å². The summed E-state index contributed by atoms with van der Waals surface area (Å²) in [4.78, 5) is 27.2. The van der Waals surface area contributed by atoms with Crippen molar-refractivity contribution in [2.75, 3.05) is 19.6 Å². The fourth-order valence-corrected chi connectivity index (χ4v) is 1.48. The Morgan fingerprint density at radius 1 is 1.44 bits per heavy atom. The molecule has 5 heteroatoms. The highest BCUT2D eigenvalue weighted by Gasteiger charge is 2.14. The molecule has 0 spiro atoms. The summed E-state index contributed by atoms with van der Waals surface area (Å²) in [5.74, 6) is -0.176. The third-order valence-corrected chi connectivity index (χ3v) is 2.18. The Balaban J connectivity index is 2.85. The maximum Gasteiger partial charge on any atom is 0.270 e. The van der Waals surface area contributed by atoms with E-state index in [2.05, 4.69) is 4.98 Å². The maximum absolute atomic E-state index is 12.0. The molecule has 0 aliphatic heterocycles. The van der Waals surface area contributed by atoms with Gasteiger partial charge in [-0.05, 0) is 12.5 Å². The number of nitrogens with zero attached hydrogens (tertiary/aromatic N) is 1. The van der Waals surface area contributed by atoms with Crippen LogP contribution in [0.25, 0.3) is 0 Å². The Morgan fingerprint density at radius 2 is 2.19 bits per heavy atom. The highest BCUT2D eigenvalue weighted by molar-refractivity contribution is 5.92. The van der Waals surface area contributed by atoms with E-state index in [1.165, 1.54) is 6.07 Å². The number of amides is 1. The van der Waals surface area contributed by atoms with Gasteiger partial charge in [-0.1, -0.05) is 13.0 Å². The van der Waals surface area contributed by atoms with Crippen LogP contribution < -0.4 is 11.3 Å². The number of hydrogen-bond acceptors (Lipinski definition) is 3. The molecule has 0 saturated heterocycles. The van der Waals surface area contributed by atoms with Gasteiger partial charge in [-0.15, -0.1) is 0 Å². The van der Waals surface area contributed by atoms with Gasteiger partial charge < -0.3 is 15.6 Å². The van der Waals surface area contributed by atoms with E-state index in [0.717, 1.165) is 6.42 Å². The molecule has 0 aromatic carbocycles. The fourth-order valence-electron chi connectivity index (χ4n) is 1.48. The lowest BCUT2D eigenvalue weighted by molar-refractivity contribution is 0.0754. The van der Waals surface area contributed by atoms with Gasteiger partial charge in [0.25, 0.3) is 5.91 Å². The Morgan fingerprint density at radius 3 is 2.75 bits per heavy atom. The number of aromatic nitrogens is 1. The average molecular weight is 223 g/mol. The molecular weight excluding hydrogens is 206 g/mol. The minimum atomic E-state index is -0.268. The van der Waals surface area contributed by atoms with Crippen molar-refractivity contribution in [2.24, 2.45) is 5.73 Å². The van der Waals surface area contributed by atoms with Crippen molar-refractivity contribution < 1.29 is 4.79 Å². The van der Waals surface area contributed by atoms with Crippen LogP contribution in [0.4, 0.5) is 0 Å². The summed E-state index contributed by atoms with van der Waals surface area (Å²) in [5, 5.41) is 0. The molecular formula is C11H17N3O2. The predicted molar refractivity (Wildman–Crippen MR) is 62.3 cm³/mol. The molecule has 0 fully saturated rings. The molecule has 1 rings (SSSR count). The summed E-state index contributed by atoms with van der Waals surface area (Å²) in [6.45, 7) is 3.56. The second-order valence-electron chi connectivity index (χ2n) is 3.51. The van der Waals surface area contributed by atoms with E-state index in [1.54, 1.807) is 17.0 Å². The van der Waals surface area contributed by atoms with E-state index in [-0.39, 0.29) is 11.5 Å². The van der Waals surface area contributed by atoms with Gasteiger partial charge in [0.2, 0.25) is 5.56 Å². The number of nitrogens with two attached hydrogens (primary N) is 1. The molecule has 1 amide bonds. The van der Waals surface area contributed by atoms with Gasteiger partial charge in [0.1, 0.15) is 5.69 Å². The lowest BCUT2D eigenvalue weighted by Crippen LogP contribution is -2.37. The van der Waals surface area contributed by atoms with Crippen LogP contribution in [-0.2, 0) is 0 Å². The number of rotatable bonds is 5. The molecule has 1 heterocycles. The average Bonchev–Trinajstić information content (AvgIpc) is 2.28. The molecule has 0 atom stereocenters. The summed E-state index contributed by atoms with van der Waals surface area (Å²) >= 11 is 0. The second kappa shape index (κ2) is 6.07. The molecule has 0 saturated carbocycles. The van der Waals surface area contributed by atoms with E-state index >= 15 is 0 Å². The van der Waals surface area contributed by atoms with Gasteiger partial charge in [0.15, 0.2) is 0 Å². The predicted octanol–water partition coefficient (Wildman–Crippen LogP) is 0.186. The van der Waals surface area contributed by atoms with Crippen molar-refractivity contribution in [1.29, 1.82) is 0 Å². The quantitative estimate of drug-likeness (QED) is 0.747. The second-order valence-corrected chi connectivity index (χ2v) is 3.51. The van der Waals surface area contributed by atoms with Crippen LogP contribution in [0.2, 0.25) is 0 Å². The summed E-state index contributed by atoms with van der Waals surface area (Å²) < 4.78 is 0. The number of carbonyl (C=O) groups is 1. The number of nitrogens with one attached hydrogen (secondary N) is 1. The summed E-state index contributed by atoms with van der Waals surface area (Å²) in [6.07, 6.45) is 0.864. The van der Waals surface area contributed by atoms with Gasteiger partial charge in [0, 0.05) is 25.7 Å². The van der Waals surface area contributed by atoms with Crippen LogP contribution >= 0.6 is 0 Å². The molecule has 0 aliphatic carbocycles. The SMILES string of the molecule is CCCN(CCN)C(=O)c1cccc(=O)[nH]1. The molecule has 0 aliphatic rings. The zero-order chi connectivity index (χ0) is 12.0. The van der Waals surface area contributed by atoms with Gasteiger partial charge in [-0.25, -0.2) is 0 Å². The minimum absolute atomic E-state index is 0.176. The smallest absolute Gasteiger partial charge is 0.270 e. The fraction of sp³-hybridized carbons (Fsp3) is 0.455. The summed E-state index contributed by atoms with van der Waals surface area (Å²) in [7, 11) is 0. The Kier molecular flexibility index (Phi) is 4.72. The largest absolute Gasteiger partial charge is 0.336 e. The summed E-state index contributed by atoms with van der Waals surface area (Å²) in [6, 6.07) is 4.55. The van der Waals surface area contributed by atoms with Crippen molar-refractivity contribution in [3.8, 4) is 0 Å². The van der Waals surface area contributed by atoms with Crippen LogP contribution in [0.15, 0.2) is 23.0 Å². The van der Waals surface area contributed by atoms with Crippen LogP contribution in [0.5, 0.6) is 0 Å². The first kappa shape index (κ1) is 12.4. The highest BCUT2D eigenvalue weighted by Crippen LogP contribution is 2.00. The van der Waals surface area contributed by atoms with E-state index in [4.69, 9.17) is 5.73 Å². The Bertz CT molecular complexity index is 394. The first-order chi connectivity index (χ1) is 7.69. The number of H-pyrrole nitrogens is 1. The topological polar surface area (TPSA) is 79.2 Å². The normalized spacial score (nSPS) is 10.1. The van der Waals surface area contributed by atoms with E-state index in [1.807, 2.05) is 6.92 Å². The van der Waals surface area contributed by atoms with Gasteiger partial charge in [-0.2, -0.15) is 0 Å². The van der Waals surface area contributed by atoms with Crippen molar-refractivity contribution in [1.82, 2.24) is 9.88 Å². The molecule has 16 heavy (non-hydrogen) atoms. The van der Waals surface area contributed by atoms with Crippen LogP contribution in [0.1, 0.15) is 23.8 Å². The van der Waals surface area contributed by atoms with E-state index in [9.17, 15) is 9.59 Å². The lowest BCUT2D eigenvalue weighted by atomic mass is 10.3.